The van der Waals surface area contributed by atoms with Crippen LogP contribution in [0.5, 0.6) is 0 Å². The zero-order chi connectivity index (χ0) is 5.70. The molecule has 0 unspecified atom stereocenters. The molecule has 7 heavy (non-hydrogen) atoms. The van der Waals surface area contributed by atoms with E-state index in [9.17, 15) is 4.79 Å². The lowest BCUT2D eigenvalue weighted by Crippen LogP contribution is -2.02. The number of carbonyl (C=O) groups is 1. The van der Waals surface area contributed by atoms with Crippen molar-refractivity contribution in [1.82, 2.24) is 0 Å². The second-order valence-electron chi connectivity index (χ2n) is 0.713. The van der Waals surface area contributed by atoms with Gasteiger partial charge >= 0.3 is 5.97 Å². The van der Waals surface area contributed by atoms with Gasteiger partial charge < -0.3 is 5.41 Å². The summed E-state index contributed by atoms with van der Waals surface area (Å²) < 4.78 is 0. The molecule has 4 nitrogen and oxygen atoms in total. The van der Waals surface area contributed by atoms with Gasteiger partial charge in [-0.05, 0) is 0 Å². The van der Waals surface area contributed by atoms with Crippen molar-refractivity contribution < 1.29 is 14.6 Å². The second kappa shape index (κ2) is 3.30. The van der Waals surface area contributed by atoms with Crippen LogP contribution in [-0.2, 0) is 14.6 Å². The van der Waals surface area contributed by atoms with E-state index >= 15 is 0 Å². The van der Waals surface area contributed by atoms with E-state index in [4.69, 9.17) is 5.41 Å². The van der Waals surface area contributed by atoms with E-state index in [1.165, 1.54) is 7.11 Å². The molecule has 40 valence electrons. The predicted molar refractivity (Wildman–Crippen MR) is 21.9 cm³/mol. The molecule has 0 amide bonds. The molecule has 0 aliphatic carbocycles. The summed E-state index contributed by atoms with van der Waals surface area (Å²) in [5, 5.41) is 6.23. The topological polar surface area (TPSA) is 59.4 Å². The largest absolute Gasteiger partial charge is 0.383 e. The molecule has 0 fully saturated rings. The van der Waals surface area contributed by atoms with E-state index in [0.29, 0.717) is 6.21 Å². The quantitative estimate of drug-likeness (QED) is 0.297. The summed E-state index contributed by atoms with van der Waals surface area (Å²) in [4.78, 5) is 17.5. The van der Waals surface area contributed by atoms with E-state index in [1.807, 2.05) is 0 Å². The summed E-state index contributed by atoms with van der Waals surface area (Å²) in [6, 6.07) is 0. The van der Waals surface area contributed by atoms with Crippen molar-refractivity contribution in [2.24, 2.45) is 0 Å². The van der Waals surface area contributed by atoms with Gasteiger partial charge in [0.1, 0.15) is 6.21 Å². The first kappa shape index (κ1) is 6.10. The molecule has 0 rings (SSSR count). The lowest BCUT2D eigenvalue weighted by molar-refractivity contribution is -0.246. The van der Waals surface area contributed by atoms with Crippen LogP contribution in [0.15, 0.2) is 0 Å². The average molecular weight is 103 g/mol. The molecule has 0 aromatic heterocycles. The van der Waals surface area contributed by atoms with Crippen molar-refractivity contribution in [3.05, 3.63) is 0 Å². The minimum absolute atomic E-state index is 0.517. The standard InChI is InChI=1S/C3H5NO3/c1-6-7-3(5)2-4/h2,4H,1H3. The van der Waals surface area contributed by atoms with E-state index in [-0.39, 0.29) is 0 Å². The van der Waals surface area contributed by atoms with Gasteiger partial charge in [0.05, 0.1) is 7.11 Å². The molecule has 1 N–H and O–H groups in total. The molecule has 0 bridgehead atoms. The van der Waals surface area contributed by atoms with Crippen LogP contribution in [0.2, 0.25) is 0 Å². The van der Waals surface area contributed by atoms with Gasteiger partial charge in [0.2, 0.25) is 0 Å². The van der Waals surface area contributed by atoms with Gasteiger partial charge in [-0.25, -0.2) is 4.79 Å². The molecule has 4 heteroatoms. The highest BCUT2D eigenvalue weighted by Crippen LogP contribution is 1.68. The van der Waals surface area contributed by atoms with E-state index in [0.717, 1.165) is 0 Å². The number of hydrogen-bond donors (Lipinski definition) is 1. The van der Waals surface area contributed by atoms with Crippen molar-refractivity contribution >= 4 is 12.2 Å². The minimum atomic E-state index is -0.803. The highest BCUT2D eigenvalue weighted by atomic mass is 17.2. The lowest BCUT2D eigenvalue weighted by atomic mass is 10.8. The van der Waals surface area contributed by atoms with Crippen LogP contribution in [0.4, 0.5) is 0 Å². The zero-order valence-electron chi connectivity index (χ0n) is 3.80. The molecule has 0 aromatic carbocycles. The third kappa shape index (κ3) is 2.92. The molecule has 0 atom stereocenters. The molecule has 0 radical (unpaired) electrons. The second-order valence-corrected chi connectivity index (χ2v) is 0.713. The highest BCUT2D eigenvalue weighted by Gasteiger charge is 1.90. The van der Waals surface area contributed by atoms with Crippen LogP contribution >= 0.6 is 0 Å². The summed E-state index contributed by atoms with van der Waals surface area (Å²) in [6.45, 7) is 0. The highest BCUT2D eigenvalue weighted by molar-refractivity contribution is 6.21. The fourth-order valence-electron chi connectivity index (χ4n) is 0.106. The van der Waals surface area contributed by atoms with Crippen molar-refractivity contribution in [3.8, 4) is 0 Å². The van der Waals surface area contributed by atoms with Gasteiger partial charge in [-0.15, -0.1) is 0 Å². The first-order valence-electron chi connectivity index (χ1n) is 1.56. The van der Waals surface area contributed by atoms with Crippen LogP contribution in [0.3, 0.4) is 0 Å². The van der Waals surface area contributed by atoms with Crippen molar-refractivity contribution in [2.45, 2.75) is 0 Å². The van der Waals surface area contributed by atoms with Crippen molar-refractivity contribution in [3.63, 3.8) is 0 Å². The summed E-state index contributed by atoms with van der Waals surface area (Å²) in [5.74, 6) is -0.803. The Morgan fingerprint density at radius 1 is 1.86 bits per heavy atom. The Kier molecular flexibility index (Phi) is 2.87. The molecular weight excluding hydrogens is 98.0 g/mol. The number of hydrogen-bond acceptors (Lipinski definition) is 4. The molecule has 0 aromatic rings. The Hall–Kier alpha value is -0.900. The fraction of sp³-hybridized carbons (Fsp3) is 0.333. The maximum Gasteiger partial charge on any atom is 0.383 e. The van der Waals surface area contributed by atoms with Crippen LogP contribution < -0.4 is 0 Å². The van der Waals surface area contributed by atoms with Crippen LogP contribution in [-0.4, -0.2) is 19.3 Å². The molecule has 0 aliphatic heterocycles. The zero-order valence-corrected chi connectivity index (χ0v) is 3.80. The Morgan fingerprint density at radius 2 is 2.43 bits per heavy atom. The molecule has 0 aliphatic rings. The SMILES string of the molecule is COOC(=O)C=N. The Bertz CT molecular complexity index is 80.2. The van der Waals surface area contributed by atoms with E-state index in [2.05, 4.69) is 9.78 Å². The van der Waals surface area contributed by atoms with E-state index < -0.39 is 5.97 Å². The summed E-state index contributed by atoms with van der Waals surface area (Å²) in [6.07, 6.45) is 0.517. The third-order valence-corrected chi connectivity index (χ3v) is 0.283. The van der Waals surface area contributed by atoms with Crippen LogP contribution in [0, 0.1) is 5.41 Å². The number of nitrogens with one attached hydrogen (secondary N) is 1. The molecular formula is C3H5NO3. The summed E-state index contributed by atoms with van der Waals surface area (Å²) in [5.41, 5.74) is 0. The monoisotopic (exact) mass is 103 g/mol. The normalized spacial score (nSPS) is 7.57. The van der Waals surface area contributed by atoms with Gasteiger partial charge in [0.15, 0.2) is 0 Å². The Morgan fingerprint density at radius 3 is 2.57 bits per heavy atom. The fourth-order valence-corrected chi connectivity index (χ4v) is 0.106. The number of carbonyl (C=O) groups excluding carboxylic acids is 1. The lowest BCUT2D eigenvalue weighted by Gasteiger charge is -1.88. The Balaban J connectivity index is 3.17. The maximum absolute atomic E-state index is 9.82. The van der Waals surface area contributed by atoms with Gasteiger partial charge in [-0.1, -0.05) is 0 Å². The average Bonchev–Trinajstić information content (AvgIpc) is 1.68. The minimum Gasteiger partial charge on any atom is -0.301 e. The first-order valence-corrected chi connectivity index (χ1v) is 1.56. The summed E-state index contributed by atoms with van der Waals surface area (Å²) in [7, 11) is 1.20. The van der Waals surface area contributed by atoms with Gasteiger partial charge in [0, 0.05) is 0 Å². The van der Waals surface area contributed by atoms with Crippen LogP contribution in [0.1, 0.15) is 0 Å². The third-order valence-electron chi connectivity index (χ3n) is 0.283. The predicted octanol–water partition coefficient (Wildman–Crippen LogP) is -0.259. The maximum atomic E-state index is 9.82. The van der Waals surface area contributed by atoms with Crippen molar-refractivity contribution in [1.29, 1.82) is 5.41 Å². The molecule has 0 saturated carbocycles. The summed E-state index contributed by atoms with van der Waals surface area (Å²) >= 11 is 0. The molecule has 0 spiro atoms. The number of rotatable bonds is 2. The Labute approximate surface area is 40.5 Å². The van der Waals surface area contributed by atoms with Crippen LogP contribution in [0.25, 0.3) is 0 Å². The van der Waals surface area contributed by atoms with Crippen molar-refractivity contribution in [2.75, 3.05) is 7.11 Å². The van der Waals surface area contributed by atoms with Gasteiger partial charge in [0.25, 0.3) is 0 Å². The first-order chi connectivity index (χ1) is 3.31. The van der Waals surface area contributed by atoms with E-state index in [1.54, 1.807) is 0 Å². The molecule has 0 heterocycles. The molecule has 0 saturated heterocycles. The van der Waals surface area contributed by atoms with Gasteiger partial charge in [-0.2, -0.15) is 4.89 Å². The smallest absolute Gasteiger partial charge is 0.301 e. The van der Waals surface area contributed by atoms with Gasteiger partial charge in [-0.3, -0.25) is 4.89 Å².